The monoisotopic (exact) mass is 189 g/mol. The molecule has 0 bridgehead atoms. The van der Waals surface area contributed by atoms with Crippen LogP contribution < -0.4 is 10.2 Å². The largest absolute Gasteiger partial charge is 0.490 e. The van der Waals surface area contributed by atoms with Gasteiger partial charge in [0.25, 0.3) is 0 Å². The molecule has 0 radical (unpaired) electrons. The zero-order chi connectivity index (χ0) is 8.27. The molecule has 1 aromatic rings. The van der Waals surface area contributed by atoms with E-state index in [1.54, 1.807) is 6.07 Å². The Morgan fingerprint density at radius 2 is 2.08 bits per heavy atom. The van der Waals surface area contributed by atoms with Crippen LogP contribution in [0.4, 0.5) is 0 Å². The molecule has 0 aliphatic rings. The molecule has 66 valence electrons. The van der Waals surface area contributed by atoms with E-state index >= 15 is 0 Å². The summed E-state index contributed by atoms with van der Waals surface area (Å²) in [6.45, 7) is 0. The molecule has 0 aromatic carbocycles. The van der Waals surface area contributed by atoms with E-state index in [0.717, 1.165) is 0 Å². The van der Waals surface area contributed by atoms with Crippen LogP contribution in [0.15, 0.2) is 18.3 Å². The molecular formula is C6H9BClNO3. The number of pyridine rings is 1. The van der Waals surface area contributed by atoms with E-state index in [1.165, 1.54) is 19.4 Å². The van der Waals surface area contributed by atoms with E-state index in [1.807, 2.05) is 0 Å². The first-order valence-corrected chi connectivity index (χ1v) is 3.10. The smallest absolute Gasteiger partial charge is 0.481 e. The van der Waals surface area contributed by atoms with Crippen LogP contribution in [0.2, 0.25) is 0 Å². The van der Waals surface area contributed by atoms with Crippen LogP contribution in [0.25, 0.3) is 0 Å². The topological polar surface area (TPSA) is 62.6 Å². The van der Waals surface area contributed by atoms with Gasteiger partial charge in [0, 0.05) is 11.7 Å². The highest BCUT2D eigenvalue weighted by Crippen LogP contribution is 1.99. The minimum atomic E-state index is -1.46. The lowest BCUT2D eigenvalue weighted by Crippen LogP contribution is -2.29. The maximum absolute atomic E-state index is 8.66. The fraction of sp³-hybridized carbons (Fsp3) is 0.167. The third-order valence-electron chi connectivity index (χ3n) is 1.27. The lowest BCUT2D eigenvalue weighted by molar-refractivity contribution is 0.397. The molecule has 0 saturated carbocycles. The summed E-state index contributed by atoms with van der Waals surface area (Å²) in [5.74, 6) is 0.453. The van der Waals surface area contributed by atoms with E-state index in [9.17, 15) is 0 Å². The SMILES string of the molecule is COc1ccc(B(O)O)cn1.Cl. The molecule has 0 saturated heterocycles. The second kappa shape index (κ2) is 4.98. The van der Waals surface area contributed by atoms with Gasteiger partial charge in [-0.05, 0) is 6.07 Å². The van der Waals surface area contributed by atoms with Gasteiger partial charge in [0.15, 0.2) is 0 Å². The van der Waals surface area contributed by atoms with Gasteiger partial charge >= 0.3 is 7.12 Å². The molecule has 12 heavy (non-hydrogen) atoms. The molecule has 0 aliphatic carbocycles. The Bertz CT molecular complexity index is 229. The number of hydrogen-bond acceptors (Lipinski definition) is 4. The van der Waals surface area contributed by atoms with Crippen molar-refractivity contribution < 1.29 is 14.8 Å². The highest BCUT2D eigenvalue weighted by molar-refractivity contribution is 6.58. The summed E-state index contributed by atoms with van der Waals surface area (Å²) in [4.78, 5) is 3.78. The molecule has 0 spiro atoms. The predicted octanol–water partition coefficient (Wildman–Crippen LogP) is -0.808. The van der Waals surface area contributed by atoms with Gasteiger partial charge in [0.05, 0.1) is 7.11 Å². The molecule has 0 amide bonds. The van der Waals surface area contributed by atoms with Crippen molar-refractivity contribution in [1.82, 2.24) is 4.98 Å². The molecule has 0 fully saturated rings. The van der Waals surface area contributed by atoms with Crippen LogP contribution >= 0.6 is 12.4 Å². The lowest BCUT2D eigenvalue weighted by atomic mass is 9.82. The minimum Gasteiger partial charge on any atom is -0.481 e. The van der Waals surface area contributed by atoms with Gasteiger partial charge in [-0.3, -0.25) is 0 Å². The maximum atomic E-state index is 8.66. The Morgan fingerprint density at radius 1 is 1.42 bits per heavy atom. The van der Waals surface area contributed by atoms with Gasteiger partial charge in [-0.2, -0.15) is 0 Å². The van der Waals surface area contributed by atoms with Crippen LogP contribution in [0, 0.1) is 0 Å². The van der Waals surface area contributed by atoms with Crippen LogP contribution in [-0.2, 0) is 0 Å². The second-order valence-electron chi connectivity index (χ2n) is 2.01. The summed E-state index contributed by atoms with van der Waals surface area (Å²) in [6, 6.07) is 3.10. The Balaban J connectivity index is 0.00000121. The van der Waals surface area contributed by atoms with Crippen LogP contribution in [-0.4, -0.2) is 29.3 Å². The van der Waals surface area contributed by atoms with Crippen molar-refractivity contribution in [2.75, 3.05) is 7.11 Å². The normalized spacial score (nSPS) is 8.58. The zero-order valence-electron chi connectivity index (χ0n) is 6.47. The lowest BCUT2D eigenvalue weighted by Gasteiger charge is -1.99. The summed E-state index contributed by atoms with van der Waals surface area (Å²) in [6.07, 6.45) is 1.35. The van der Waals surface area contributed by atoms with E-state index < -0.39 is 7.12 Å². The Kier molecular flexibility index (Phi) is 4.65. The first-order chi connectivity index (χ1) is 5.24. The fourth-order valence-electron chi connectivity index (χ4n) is 0.665. The van der Waals surface area contributed by atoms with Crippen molar-refractivity contribution >= 4 is 25.0 Å². The summed E-state index contributed by atoms with van der Waals surface area (Å²) >= 11 is 0. The van der Waals surface area contributed by atoms with Crippen molar-refractivity contribution in [3.63, 3.8) is 0 Å². The summed E-state index contributed by atoms with van der Waals surface area (Å²) in [7, 11) is 0.0330. The van der Waals surface area contributed by atoms with Crippen molar-refractivity contribution in [2.45, 2.75) is 0 Å². The first-order valence-electron chi connectivity index (χ1n) is 3.10. The standard InChI is InChI=1S/C6H8BNO3.ClH/c1-11-6-3-2-5(4-8-6)7(9)10;/h2-4,9-10H,1H3;1H. The number of aromatic nitrogens is 1. The average molecular weight is 189 g/mol. The Hall–Kier alpha value is -0.775. The van der Waals surface area contributed by atoms with E-state index in [2.05, 4.69) is 4.98 Å². The molecule has 4 nitrogen and oxygen atoms in total. The summed E-state index contributed by atoms with van der Waals surface area (Å²) in [5, 5.41) is 17.3. The Morgan fingerprint density at radius 3 is 2.42 bits per heavy atom. The number of ether oxygens (including phenoxy) is 1. The van der Waals surface area contributed by atoms with E-state index in [4.69, 9.17) is 14.8 Å². The van der Waals surface area contributed by atoms with Gasteiger partial charge in [-0.25, -0.2) is 4.98 Å². The molecule has 1 rings (SSSR count). The molecule has 0 atom stereocenters. The zero-order valence-corrected chi connectivity index (χ0v) is 7.28. The molecule has 1 heterocycles. The summed E-state index contributed by atoms with van der Waals surface area (Å²) in [5.41, 5.74) is 0.353. The number of halogens is 1. The van der Waals surface area contributed by atoms with Crippen LogP contribution in [0.1, 0.15) is 0 Å². The van der Waals surface area contributed by atoms with Crippen molar-refractivity contribution in [3.05, 3.63) is 18.3 Å². The third kappa shape index (κ3) is 2.69. The van der Waals surface area contributed by atoms with Crippen molar-refractivity contribution in [2.24, 2.45) is 0 Å². The Labute approximate surface area is 76.8 Å². The number of rotatable bonds is 2. The molecular weight excluding hydrogens is 180 g/mol. The first kappa shape index (κ1) is 11.2. The summed E-state index contributed by atoms with van der Waals surface area (Å²) < 4.78 is 4.77. The highest BCUT2D eigenvalue weighted by atomic mass is 35.5. The fourth-order valence-corrected chi connectivity index (χ4v) is 0.665. The molecule has 0 unspecified atom stereocenters. The highest BCUT2D eigenvalue weighted by Gasteiger charge is 2.10. The van der Waals surface area contributed by atoms with Gasteiger partial charge in [-0.1, -0.05) is 6.07 Å². The van der Waals surface area contributed by atoms with Crippen LogP contribution in [0.3, 0.4) is 0 Å². The van der Waals surface area contributed by atoms with Crippen molar-refractivity contribution in [1.29, 1.82) is 0 Å². The second-order valence-corrected chi connectivity index (χ2v) is 2.01. The van der Waals surface area contributed by atoms with Gasteiger partial charge < -0.3 is 14.8 Å². The number of nitrogens with zero attached hydrogens (tertiary/aromatic N) is 1. The number of hydrogen-bond donors (Lipinski definition) is 2. The average Bonchev–Trinajstić information content (AvgIpc) is 2.05. The quantitative estimate of drug-likeness (QED) is 0.598. The molecule has 1 aromatic heterocycles. The maximum Gasteiger partial charge on any atom is 0.490 e. The molecule has 6 heteroatoms. The van der Waals surface area contributed by atoms with E-state index in [0.29, 0.717) is 11.3 Å². The van der Waals surface area contributed by atoms with Crippen LogP contribution in [0.5, 0.6) is 5.88 Å². The van der Waals surface area contributed by atoms with Gasteiger partial charge in [0.1, 0.15) is 0 Å². The van der Waals surface area contributed by atoms with E-state index in [-0.39, 0.29) is 12.4 Å². The van der Waals surface area contributed by atoms with Gasteiger partial charge in [-0.15, -0.1) is 12.4 Å². The third-order valence-corrected chi connectivity index (χ3v) is 1.27. The van der Waals surface area contributed by atoms with Crippen molar-refractivity contribution in [3.8, 4) is 5.88 Å². The number of methoxy groups -OCH3 is 1. The van der Waals surface area contributed by atoms with Gasteiger partial charge in [0.2, 0.25) is 5.88 Å². The molecule has 2 N–H and O–H groups in total. The molecule has 0 aliphatic heterocycles. The minimum absolute atomic E-state index is 0. The predicted molar refractivity (Wildman–Crippen MR) is 47.9 cm³/mol.